The largest absolute Gasteiger partial charge is 0.489 e. The minimum absolute atomic E-state index is 0.207. The number of pyridine rings is 1. The summed E-state index contributed by atoms with van der Waals surface area (Å²) in [5, 5.41) is 0. The molecule has 1 aromatic carbocycles. The molecule has 1 aliphatic carbocycles. The zero-order valence-corrected chi connectivity index (χ0v) is 16.3. The number of piperidine rings is 1. The molecule has 1 amide bonds. The van der Waals surface area contributed by atoms with Crippen molar-refractivity contribution in [2.75, 3.05) is 13.1 Å². The molecule has 0 spiro atoms. The van der Waals surface area contributed by atoms with E-state index in [2.05, 4.69) is 46.3 Å². The van der Waals surface area contributed by atoms with E-state index in [1.165, 1.54) is 11.1 Å². The van der Waals surface area contributed by atoms with E-state index in [1.807, 2.05) is 12.1 Å². The van der Waals surface area contributed by atoms with Gasteiger partial charge in [0.15, 0.2) is 0 Å². The Labute approximate surface area is 167 Å². The fourth-order valence-electron chi connectivity index (χ4n) is 4.14. The molecule has 4 heteroatoms. The van der Waals surface area contributed by atoms with E-state index in [0.29, 0.717) is 18.4 Å². The first-order valence-electron chi connectivity index (χ1n) is 10.3. The van der Waals surface area contributed by atoms with Gasteiger partial charge in [-0.3, -0.25) is 9.78 Å². The number of ether oxygens (including phenoxy) is 1. The highest BCUT2D eigenvalue weighted by Crippen LogP contribution is 2.26. The van der Waals surface area contributed by atoms with Gasteiger partial charge in [0.05, 0.1) is 0 Å². The summed E-state index contributed by atoms with van der Waals surface area (Å²) < 4.78 is 5.78. The first-order valence-corrected chi connectivity index (χ1v) is 10.3. The van der Waals surface area contributed by atoms with E-state index in [4.69, 9.17) is 4.74 Å². The standard InChI is InChI=1S/C24H28N2O2/c27-24(22-3-1-2-4-22)26-15-11-20(12-16-26)17-19-5-7-21(8-6-19)18-28-23-9-13-25-14-10-23/h1-2,5-10,13-14,20,22H,3-4,11-12,15-18H2. The highest BCUT2D eigenvalue weighted by molar-refractivity contribution is 5.79. The maximum Gasteiger partial charge on any atom is 0.226 e. The van der Waals surface area contributed by atoms with Crippen molar-refractivity contribution in [3.8, 4) is 5.75 Å². The molecule has 4 rings (SSSR count). The van der Waals surface area contributed by atoms with Crippen LogP contribution < -0.4 is 4.74 Å². The van der Waals surface area contributed by atoms with Gasteiger partial charge >= 0.3 is 0 Å². The molecule has 4 nitrogen and oxygen atoms in total. The number of aromatic nitrogens is 1. The smallest absolute Gasteiger partial charge is 0.226 e. The van der Waals surface area contributed by atoms with E-state index in [0.717, 1.165) is 50.9 Å². The van der Waals surface area contributed by atoms with Crippen molar-refractivity contribution in [1.82, 2.24) is 9.88 Å². The molecule has 1 saturated heterocycles. The molecular formula is C24H28N2O2. The van der Waals surface area contributed by atoms with Crippen LogP contribution in [-0.4, -0.2) is 28.9 Å². The first-order chi connectivity index (χ1) is 13.8. The topological polar surface area (TPSA) is 42.4 Å². The van der Waals surface area contributed by atoms with Gasteiger partial charge < -0.3 is 9.64 Å². The van der Waals surface area contributed by atoms with Gasteiger partial charge in [0.1, 0.15) is 12.4 Å². The quantitative estimate of drug-likeness (QED) is 0.702. The van der Waals surface area contributed by atoms with Crippen molar-refractivity contribution >= 4 is 5.91 Å². The Hall–Kier alpha value is -2.62. The molecular weight excluding hydrogens is 348 g/mol. The molecule has 1 fully saturated rings. The zero-order chi connectivity index (χ0) is 19.2. The number of hydrogen-bond acceptors (Lipinski definition) is 3. The fraction of sp³-hybridized carbons (Fsp3) is 0.417. The van der Waals surface area contributed by atoms with Crippen LogP contribution in [0.5, 0.6) is 5.75 Å². The third-order valence-corrected chi connectivity index (χ3v) is 5.89. The van der Waals surface area contributed by atoms with Crippen molar-refractivity contribution in [1.29, 1.82) is 0 Å². The van der Waals surface area contributed by atoms with E-state index in [-0.39, 0.29) is 5.92 Å². The maximum absolute atomic E-state index is 12.5. The molecule has 28 heavy (non-hydrogen) atoms. The lowest BCUT2D eigenvalue weighted by atomic mass is 9.89. The number of carbonyl (C=O) groups excluding carboxylic acids is 1. The van der Waals surface area contributed by atoms with Crippen LogP contribution in [0.2, 0.25) is 0 Å². The van der Waals surface area contributed by atoms with Crippen molar-refractivity contribution < 1.29 is 9.53 Å². The first kappa shape index (κ1) is 18.7. The molecule has 1 aromatic heterocycles. The Morgan fingerprint density at radius 1 is 0.964 bits per heavy atom. The number of amides is 1. The SMILES string of the molecule is O=C(C1CC=CC1)N1CCC(Cc2ccc(COc3ccncc3)cc2)CC1. The second-order valence-corrected chi connectivity index (χ2v) is 7.90. The summed E-state index contributed by atoms with van der Waals surface area (Å²) in [5.41, 5.74) is 2.54. The molecule has 0 bridgehead atoms. The number of hydrogen-bond donors (Lipinski definition) is 0. The molecule has 2 heterocycles. The molecule has 0 radical (unpaired) electrons. The number of benzene rings is 1. The van der Waals surface area contributed by atoms with Crippen LogP contribution in [0.25, 0.3) is 0 Å². The minimum atomic E-state index is 0.207. The van der Waals surface area contributed by atoms with Crippen LogP contribution in [0.3, 0.4) is 0 Å². The number of likely N-dealkylation sites (tertiary alicyclic amines) is 1. The lowest BCUT2D eigenvalue weighted by Gasteiger charge is -2.33. The van der Waals surface area contributed by atoms with Gasteiger partial charge in [-0.25, -0.2) is 0 Å². The summed E-state index contributed by atoms with van der Waals surface area (Å²) in [5.74, 6) is 2.08. The Morgan fingerprint density at radius 2 is 1.61 bits per heavy atom. The molecule has 2 aromatic rings. The average molecular weight is 377 g/mol. The van der Waals surface area contributed by atoms with Crippen LogP contribution in [0, 0.1) is 11.8 Å². The summed E-state index contributed by atoms with van der Waals surface area (Å²) in [6.45, 7) is 2.40. The lowest BCUT2D eigenvalue weighted by Crippen LogP contribution is -2.41. The monoisotopic (exact) mass is 376 g/mol. The molecule has 1 aliphatic heterocycles. The summed E-state index contributed by atoms with van der Waals surface area (Å²) in [6.07, 6.45) is 12.9. The Morgan fingerprint density at radius 3 is 2.29 bits per heavy atom. The average Bonchev–Trinajstić information content (AvgIpc) is 3.29. The number of allylic oxidation sites excluding steroid dienone is 2. The highest BCUT2D eigenvalue weighted by atomic mass is 16.5. The molecule has 2 aliphatic rings. The van der Waals surface area contributed by atoms with Crippen molar-refractivity contribution in [3.63, 3.8) is 0 Å². The Kier molecular flexibility index (Phi) is 6.05. The normalized spacial score (nSPS) is 17.8. The van der Waals surface area contributed by atoms with Crippen LogP contribution in [-0.2, 0) is 17.8 Å². The second-order valence-electron chi connectivity index (χ2n) is 7.90. The third-order valence-electron chi connectivity index (χ3n) is 5.89. The Bertz CT molecular complexity index is 785. The van der Waals surface area contributed by atoms with Gasteiger partial charge in [-0.05, 0) is 61.3 Å². The van der Waals surface area contributed by atoms with Crippen LogP contribution in [0.15, 0.2) is 60.9 Å². The van der Waals surface area contributed by atoms with Gasteiger partial charge in [-0.1, -0.05) is 36.4 Å². The van der Waals surface area contributed by atoms with Gasteiger partial charge in [-0.15, -0.1) is 0 Å². The fourth-order valence-corrected chi connectivity index (χ4v) is 4.14. The summed E-state index contributed by atoms with van der Waals surface area (Å²) >= 11 is 0. The maximum atomic E-state index is 12.5. The predicted octanol–water partition coefficient (Wildman–Crippen LogP) is 4.41. The van der Waals surface area contributed by atoms with E-state index < -0.39 is 0 Å². The highest BCUT2D eigenvalue weighted by Gasteiger charge is 2.28. The minimum Gasteiger partial charge on any atom is -0.489 e. The van der Waals surface area contributed by atoms with Gasteiger partial charge in [0.2, 0.25) is 5.91 Å². The van der Waals surface area contributed by atoms with Crippen molar-refractivity contribution in [2.24, 2.45) is 11.8 Å². The van der Waals surface area contributed by atoms with Crippen LogP contribution in [0.4, 0.5) is 0 Å². The molecule has 0 unspecified atom stereocenters. The van der Waals surface area contributed by atoms with Crippen molar-refractivity contribution in [3.05, 3.63) is 72.1 Å². The third kappa shape index (κ3) is 4.80. The van der Waals surface area contributed by atoms with Crippen molar-refractivity contribution in [2.45, 2.75) is 38.7 Å². The lowest BCUT2D eigenvalue weighted by molar-refractivity contribution is -0.136. The second kappa shape index (κ2) is 9.05. The molecule has 0 atom stereocenters. The van der Waals surface area contributed by atoms with Crippen LogP contribution >= 0.6 is 0 Å². The Balaban J connectivity index is 1.22. The van der Waals surface area contributed by atoms with Gasteiger partial charge in [-0.2, -0.15) is 0 Å². The summed E-state index contributed by atoms with van der Waals surface area (Å²) in [7, 11) is 0. The van der Waals surface area contributed by atoms with E-state index in [1.54, 1.807) is 12.4 Å². The summed E-state index contributed by atoms with van der Waals surface area (Å²) in [4.78, 5) is 18.6. The molecule has 146 valence electrons. The zero-order valence-electron chi connectivity index (χ0n) is 16.3. The molecule has 0 N–H and O–H groups in total. The number of rotatable bonds is 6. The van der Waals surface area contributed by atoms with E-state index in [9.17, 15) is 4.79 Å². The summed E-state index contributed by atoms with van der Waals surface area (Å²) in [6, 6.07) is 12.5. The van der Waals surface area contributed by atoms with Gasteiger partial charge in [0, 0.05) is 31.4 Å². The predicted molar refractivity (Wildman–Crippen MR) is 110 cm³/mol. The number of nitrogens with zero attached hydrogens (tertiary/aromatic N) is 2. The van der Waals surface area contributed by atoms with Crippen LogP contribution in [0.1, 0.15) is 36.8 Å². The molecule has 0 saturated carbocycles. The van der Waals surface area contributed by atoms with Gasteiger partial charge in [0.25, 0.3) is 0 Å². The van der Waals surface area contributed by atoms with E-state index >= 15 is 0 Å². The number of carbonyl (C=O) groups is 1.